The van der Waals surface area contributed by atoms with Gasteiger partial charge in [0.05, 0.1) is 0 Å². The van der Waals surface area contributed by atoms with Crippen LogP contribution in [0, 0.1) is 18.3 Å². The van der Waals surface area contributed by atoms with E-state index in [9.17, 15) is 10.1 Å². The van der Waals surface area contributed by atoms with E-state index in [0.717, 1.165) is 11.1 Å². The number of carbonyl (C=O) groups is 1. The van der Waals surface area contributed by atoms with Crippen molar-refractivity contribution in [2.75, 3.05) is 5.32 Å². The molecule has 0 radical (unpaired) electrons. The summed E-state index contributed by atoms with van der Waals surface area (Å²) in [4.78, 5) is 12.5. The Kier molecular flexibility index (Phi) is 7.13. The topological polar surface area (TPSA) is 62.1 Å². The third kappa shape index (κ3) is 5.87. The summed E-state index contributed by atoms with van der Waals surface area (Å²) in [6.45, 7) is 2.23. The Bertz CT molecular complexity index is 1150. The summed E-state index contributed by atoms with van der Waals surface area (Å²) < 4.78 is 5.80. The van der Waals surface area contributed by atoms with Crippen LogP contribution >= 0.6 is 23.2 Å². The van der Waals surface area contributed by atoms with E-state index in [2.05, 4.69) is 5.32 Å². The molecule has 0 aliphatic heterocycles. The van der Waals surface area contributed by atoms with Gasteiger partial charge in [-0.15, -0.1) is 0 Å². The van der Waals surface area contributed by atoms with Crippen LogP contribution < -0.4 is 10.1 Å². The number of nitriles is 1. The van der Waals surface area contributed by atoms with E-state index in [1.807, 2.05) is 37.3 Å². The lowest BCUT2D eigenvalue weighted by Gasteiger charge is -2.08. The summed E-state index contributed by atoms with van der Waals surface area (Å²) in [7, 11) is 0. The lowest BCUT2D eigenvalue weighted by Crippen LogP contribution is -2.13. The lowest BCUT2D eigenvalue weighted by atomic mass is 10.1. The van der Waals surface area contributed by atoms with Gasteiger partial charge in [0.15, 0.2) is 0 Å². The first-order chi connectivity index (χ1) is 14.4. The smallest absolute Gasteiger partial charge is 0.266 e. The normalized spacial score (nSPS) is 10.9. The van der Waals surface area contributed by atoms with Gasteiger partial charge in [-0.1, -0.05) is 53.5 Å². The van der Waals surface area contributed by atoms with Crippen molar-refractivity contribution in [2.24, 2.45) is 0 Å². The Morgan fingerprint density at radius 1 is 1.10 bits per heavy atom. The number of anilines is 1. The molecule has 150 valence electrons. The van der Waals surface area contributed by atoms with Crippen LogP contribution in [0.2, 0.25) is 10.0 Å². The van der Waals surface area contributed by atoms with Gasteiger partial charge < -0.3 is 10.1 Å². The molecule has 4 nitrogen and oxygen atoms in total. The van der Waals surface area contributed by atoms with Gasteiger partial charge >= 0.3 is 0 Å². The number of nitrogens with one attached hydrogen (secondary N) is 1. The number of rotatable bonds is 6. The fourth-order valence-corrected chi connectivity index (χ4v) is 3.07. The minimum Gasteiger partial charge on any atom is -0.489 e. The number of nitrogens with zero attached hydrogens (tertiary/aromatic N) is 1. The molecule has 0 aliphatic rings. The number of amides is 1. The molecule has 3 aromatic rings. The molecule has 1 N–H and O–H groups in total. The molecule has 0 aliphatic carbocycles. The van der Waals surface area contributed by atoms with Gasteiger partial charge in [0, 0.05) is 15.7 Å². The Morgan fingerprint density at radius 2 is 1.90 bits per heavy atom. The molecule has 6 heteroatoms. The van der Waals surface area contributed by atoms with Crippen LogP contribution in [-0.4, -0.2) is 5.91 Å². The number of benzene rings is 3. The number of hydrogen-bond donors (Lipinski definition) is 1. The molecule has 3 aromatic carbocycles. The number of ether oxygens (including phenoxy) is 1. The minimum atomic E-state index is -0.511. The Balaban J connectivity index is 1.72. The third-order valence-electron chi connectivity index (χ3n) is 4.26. The van der Waals surface area contributed by atoms with E-state index in [4.69, 9.17) is 27.9 Å². The Morgan fingerprint density at radius 3 is 2.63 bits per heavy atom. The molecular weight excluding hydrogens is 419 g/mol. The maximum Gasteiger partial charge on any atom is 0.266 e. The Labute approximate surface area is 185 Å². The maximum atomic E-state index is 12.5. The van der Waals surface area contributed by atoms with Gasteiger partial charge in [0.2, 0.25) is 0 Å². The monoisotopic (exact) mass is 436 g/mol. The second-order valence-electron chi connectivity index (χ2n) is 6.58. The third-order valence-corrected chi connectivity index (χ3v) is 4.90. The van der Waals surface area contributed by atoms with Gasteiger partial charge in [0.25, 0.3) is 5.91 Å². The zero-order valence-electron chi connectivity index (χ0n) is 16.2. The largest absolute Gasteiger partial charge is 0.489 e. The predicted molar refractivity (Wildman–Crippen MR) is 121 cm³/mol. The van der Waals surface area contributed by atoms with E-state index in [1.54, 1.807) is 42.5 Å². The van der Waals surface area contributed by atoms with Crippen molar-refractivity contribution < 1.29 is 9.53 Å². The summed E-state index contributed by atoms with van der Waals surface area (Å²) in [5, 5.41) is 13.3. The summed E-state index contributed by atoms with van der Waals surface area (Å²) in [6.07, 6.45) is 1.51. The summed E-state index contributed by atoms with van der Waals surface area (Å²) in [6, 6.07) is 21.7. The molecular formula is C24H18Cl2N2O2. The molecule has 0 heterocycles. The summed E-state index contributed by atoms with van der Waals surface area (Å²) in [5.74, 6) is 0.106. The number of carbonyl (C=O) groups excluding carboxylic acids is 1. The van der Waals surface area contributed by atoms with Gasteiger partial charge in [0.1, 0.15) is 24.0 Å². The van der Waals surface area contributed by atoms with Gasteiger partial charge in [-0.05, 0) is 66.1 Å². The molecule has 0 saturated heterocycles. The number of hydrogen-bond acceptors (Lipinski definition) is 3. The van der Waals surface area contributed by atoms with Crippen LogP contribution in [0.15, 0.2) is 72.3 Å². The first-order valence-corrected chi connectivity index (χ1v) is 9.87. The second-order valence-corrected chi connectivity index (χ2v) is 7.42. The van der Waals surface area contributed by atoms with Crippen molar-refractivity contribution in [1.29, 1.82) is 5.26 Å². The van der Waals surface area contributed by atoms with Gasteiger partial charge in [-0.2, -0.15) is 5.26 Å². The molecule has 0 fully saturated rings. The van der Waals surface area contributed by atoms with E-state index >= 15 is 0 Å². The van der Waals surface area contributed by atoms with Crippen molar-refractivity contribution in [1.82, 2.24) is 0 Å². The SMILES string of the molecule is Cc1ccc(NC(=O)/C(C#N)=C\c2cccc(OCc3cccc(Cl)c3)c2)cc1Cl. The van der Waals surface area contributed by atoms with Crippen LogP contribution in [0.25, 0.3) is 6.08 Å². The second kappa shape index (κ2) is 9.98. The van der Waals surface area contributed by atoms with Crippen LogP contribution in [0.3, 0.4) is 0 Å². The summed E-state index contributed by atoms with van der Waals surface area (Å²) in [5.41, 5.74) is 3.01. The zero-order valence-corrected chi connectivity index (χ0v) is 17.7. The quantitative estimate of drug-likeness (QED) is 0.357. The van der Waals surface area contributed by atoms with Gasteiger partial charge in [-0.3, -0.25) is 4.79 Å². The average Bonchev–Trinajstić information content (AvgIpc) is 2.73. The highest BCUT2D eigenvalue weighted by Crippen LogP contribution is 2.22. The van der Waals surface area contributed by atoms with Crippen molar-refractivity contribution in [3.63, 3.8) is 0 Å². The first-order valence-electron chi connectivity index (χ1n) is 9.11. The van der Waals surface area contributed by atoms with Crippen molar-refractivity contribution in [3.8, 4) is 11.8 Å². The molecule has 0 saturated carbocycles. The fraction of sp³-hybridized carbons (Fsp3) is 0.0833. The highest BCUT2D eigenvalue weighted by Gasteiger charge is 2.10. The molecule has 30 heavy (non-hydrogen) atoms. The van der Waals surface area contributed by atoms with Gasteiger partial charge in [-0.25, -0.2) is 0 Å². The van der Waals surface area contributed by atoms with Crippen molar-refractivity contribution >= 4 is 40.9 Å². The zero-order chi connectivity index (χ0) is 21.5. The summed E-state index contributed by atoms with van der Waals surface area (Å²) >= 11 is 12.1. The van der Waals surface area contributed by atoms with E-state index < -0.39 is 5.91 Å². The average molecular weight is 437 g/mol. The first kappa shape index (κ1) is 21.4. The van der Waals surface area contributed by atoms with Crippen LogP contribution in [-0.2, 0) is 11.4 Å². The van der Waals surface area contributed by atoms with Crippen LogP contribution in [0.4, 0.5) is 5.69 Å². The van der Waals surface area contributed by atoms with E-state index in [1.165, 1.54) is 6.08 Å². The lowest BCUT2D eigenvalue weighted by molar-refractivity contribution is -0.112. The predicted octanol–water partition coefficient (Wildman–Crippen LogP) is 6.43. The van der Waals surface area contributed by atoms with Crippen LogP contribution in [0.1, 0.15) is 16.7 Å². The maximum absolute atomic E-state index is 12.5. The van der Waals surface area contributed by atoms with E-state index in [0.29, 0.717) is 33.7 Å². The fourth-order valence-electron chi connectivity index (χ4n) is 2.67. The molecule has 1 amide bonds. The number of halogens is 2. The molecule has 0 aromatic heterocycles. The highest BCUT2D eigenvalue weighted by atomic mass is 35.5. The molecule has 0 atom stereocenters. The molecule has 0 bridgehead atoms. The molecule has 0 spiro atoms. The highest BCUT2D eigenvalue weighted by molar-refractivity contribution is 6.31. The van der Waals surface area contributed by atoms with Crippen LogP contribution in [0.5, 0.6) is 5.75 Å². The molecule has 3 rings (SSSR count). The van der Waals surface area contributed by atoms with Crippen molar-refractivity contribution in [3.05, 3.63) is 99.0 Å². The van der Waals surface area contributed by atoms with E-state index in [-0.39, 0.29) is 5.57 Å². The number of aryl methyl sites for hydroxylation is 1. The Hall–Kier alpha value is -3.26. The minimum absolute atomic E-state index is 0.0290. The van der Waals surface area contributed by atoms with Crippen molar-refractivity contribution in [2.45, 2.75) is 13.5 Å². The molecule has 0 unspecified atom stereocenters. The standard InChI is InChI=1S/C24H18Cl2N2O2/c1-16-8-9-21(13-23(16)26)28-24(29)19(14-27)10-17-4-3-7-22(12-17)30-15-18-5-2-6-20(25)11-18/h2-13H,15H2,1H3,(H,28,29)/b19-10-.